The minimum Gasteiger partial charge on any atom is -0.206 e. The summed E-state index contributed by atoms with van der Waals surface area (Å²) in [6, 6.07) is 6.12. The summed E-state index contributed by atoms with van der Waals surface area (Å²) in [5, 5.41) is 3.43. The van der Waals surface area contributed by atoms with Crippen molar-refractivity contribution in [1.82, 2.24) is 8.61 Å². The lowest BCUT2D eigenvalue weighted by Gasteiger charge is -2.37. The van der Waals surface area contributed by atoms with Crippen LogP contribution < -0.4 is 0 Å². The van der Waals surface area contributed by atoms with Crippen LogP contribution in [0.1, 0.15) is 6.92 Å². The van der Waals surface area contributed by atoms with E-state index in [0.717, 1.165) is 0 Å². The second-order valence-electron chi connectivity index (χ2n) is 5.19. The van der Waals surface area contributed by atoms with Gasteiger partial charge in [0.05, 0.1) is 0 Å². The van der Waals surface area contributed by atoms with E-state index in [1.165, 1.54) is 31.3 Å². The van der Waals surface area contributed by atoms with Crippen LogP contribution in [0.2, 0.25) is 0 Å². The third kappa shape index (κ3) is 3.11. The van der Waals surface area contributed by atoms with E-state index in [1.807, 2.05) is 0 Å². The van der Waals surface area contributed by atoms with Gasteiger partial charge in [-0.25, -0.2) is 16.8 Å². The van der Waals surface area contributed by atoms with E-state index in [9.17, 15) is 16.8 Å². The molecule has 0 radical (unpaired) electrons. The zero-order valence-corrected chi connectivity index (χ0v) is 15.6. The van der Waals surface area contributed by atoms with Crippen LogP contribution in [0, 0.1) is 0 Å². The Morgan fingerprint density at radius 2 is 1.52 bits per heavy atom. The van der Waals surface area contributed by atoms with Gasteiger partial charge in [0.15, 0.2) is 0 Å². The van der Waals surface area contributed by atoms with E-state index in [1.54, 1.807) is 41.9 Å². The first-order valence-corrected chi connectivity index (χ1v) is 11.6. The van der Waals surface area contributed by atoms with Crippen LogP contribution in [-0.4, -0.2) is 51.1 Å². The summed E-state index contributed by atoms with van der Waals surface area (Å²) < 4.78 is 53.7. The van der Waals surface area contributed by atoms with Crippen molar-refractivity contribution in [2.45, 2.75) is 21.4 Å². The Bertz CT molecular complexity index is 857. The fraction of sp³-hybridized carbons (Fsp3) is 0.385. The predicted octanol–water partition coefficient (Wildman–Crippen LogP) is 1.89. The molecule has 10 heteroatoms. The molecule has 1 saturated heterocycles. The number of hydrogen-bond donors (Lipinski definition) is 0. The topological polar surface area (TPSA) is 74.8 Å². The average molecular weight is 393 g/mol. The van der Waals surface area contributed by atoms with E-state index in [-0.39, 0.29) is 19.6 Å². The third-order valence-electron chi connectivity index (χ3n) is 3.68. The number of hydrogen-bond acceptors (Lipinski definition) is 6. The van der Waals surface area contributed by atoms with Gasteiger partial charge in [0.2, 0.25) is 0 Å². The van der Waals surface area contributed by atoms with Crippen LogP contribution in [0.4, 0.5) is 0 Å². The Balaban J connectivity index is 1.81. The number of thiophene rings is 2. The molecule has 0 amide bonds. The smallest absolute Gasteiger partial charge is 0.206 e. The summed E-state index contributed by atoms with van der Waals surface area (Å²) in [5.74, 6) is 0. The van der Waals surface area contributed by atoms with Crippen molar-refractivity contribution in [3.63, 3.8) is 0 Å². The first-order chi connectivity index (χ1) is 10.8. The van der Waals surface area contributed by atoms with Gasteiger partial charge < -0.3 is 0 Å². The number of sulfonamides is 2. The van der Waals surface area contributed by atoms with Crippen LogP contribution in [0.5, 0.6) is 0 Å². The quantitative estimate of drug-likeness (QED) is 0.796. The van der Waals surface area contributed by atoms with E-state index in [4.69, 9.17) is 0 Å². The molecular weight excluding hydrogens is 376 g/mol. The standard InChI is InChI=1S/C13H16N2O4S4/c1-11-10-14(22(16,17)12-4-2-8-20-12)6-7-15(11)23(18,19)13-5-3-9-21-13/h2-5,8-9,11H,6-7,10H2,1H3. The molecule has 6 nitrogen and oxygen atoms in total. The second-order valence-corrected chi connectivity index (χ2v) is 11.4. The summed E-state index contributed by atoms with van der Waals surface area (Å²) in [5.41, 5.74) is 0. The molecular formula is C13H16N2O4S4. The van der Waals surface area contributed by atoms with Crippen molar-refractivity contribution in [3.8, 4) is 0 Å². The molecule has 0 bridgehead atoms. The maximum atomic E-state index is 12.6. The fourth-order valence-corrected chi connectivity index (χ4v) is 7.94. The molecule has 0 aliphatic carbocycles. The van der Waals surface area contributed by atoms with E-state index in [2.05, 4.69) is 0 Å². The Morgan fingerprint density at radius 3 is 2.00 bits per heavy atom. The van der Waals surface area contributed by atoms with Crippen molar-refractivity contribution in [1.29, 1.82) is 0 Å². The van der Waals surface area contributed by atoms with Crippen molar-refractivity contribution >= 4 is 42.7 Å². The summed E-state index contributed by atoms with van der Waals surface area (Å²) in [7, 11) is -7.10. The molecule has 1 fully saturated rings. The molecule has 3 rings (SSSR count). The zero-order chi connectivity index (χ0) is 16.7. The maximum Gasteiger partial charge on any atom is 0.252 e. The lowest BCUT2D eigenvalue weighted by Crippen LogP contribution is -2.54. The highest BCUT2D eigenvalue weighted by Crippen LogP contribution is 2.28. The van der Waals surface area contributed by atoms with Gasteiger partial charge in [0.25, 0.3) is 20.0 Å². The molecule has 1 unspecified atom stereocenters. The van der Waals surface area contributed by atoms with Crippen LogP contribution in [-0.2, 0) is 20.0 Å². The Labute approximate surface area is 144 Å². The average Bonchev–Trinajstić information content (AvgIpc) is 3.20. The van der Waals surface area contributed by atoms with E-state index in [0.29, 0.717) is 8.42 Å². The molecule has 1 aliphatic heterocycles. The number of piperazine rings is 1. The van der Waals surface area contributed by atoms with Crippen molar-refractivity contribution in [2.75, 3.05) is 19.6 Å². The highest BCUT2D eigenvalue weighted by atomic mass is 32.3. The molecule has 1 atom stereocenters. The minimum atomic E-state index is -3.56. The summed E-state index contributed by atoms with van der Waals surface area (Å²) >= 11 is 2.34. The van der Waals surface area contributed by atoms with Gasteiger partial charge in [-0.15, -0.1) is 22.7 Å². The number of nitrogens with zero attached hydrogens (tertiary/aromatic N) is 2. The fourth-order valence-electron chi connectivity index (χ4n) is 2.55. The van der Waals surface area contributed by atoms with Crippen LogP contribution in [0.25, 0.3) is 0 Å². The SMILES string of the molecule is CC1CN(S(=O)(=O)c2cccs2)CCN1S(=O)(=O)c1cccs1. The van der Waals surface area contributed by atoms with Crippen molar-refractivity contribution < 1.29 is 16.8 Å². The molecule has 1 aliphatic rings. The maximum absolute atomic E-state index is 12.6. The van der Waals surface area contributed by atoms with Gasteiger partial charge in [0.1, 0.15) is 8.42 Å². The van der Waals surface area contributed by atoms with Crippen molar-refractivity contribution in [2.24, 2.45) is 0 Å². The van der Waals surface area contributed by atoms with E-state index < -0.39 is 26.1 Å². The van der Waals surface area contributed by atoms with Gasteiger partial charge in [-0.2, -0.15) is 8.61 Å². The Morgan fingerprint density at radius 1 is 0.957 bits per heavy atom. The molecule has 3 heterocycles. The van der Waals surface area contributed by atoms with E-state index >= 15 is 0 Å². The van der Waals surface area contributed by atoms with Crippen LogP contribution >= 0.6 is 22.7 Å². The zero-order valence-electron chi connectivity index (χ0n) is 12.3. The highest BCUT2D eigenvalue weighted by Gasteiger charge is 2.38. The van der Waals surface area contributed by atoms with Gasteiger partial charge >= 0.3 is 0 Å². The van der Waals surface area contributed by atoms with Gasteiger partial charge in [-0.05, 0) is 29.8 Å². The molecule has 0 spiro atoms. The van der Waals surface area contributed by atoms with Crippen LogP contribution in [0.15, 0.2) is 43.4 Å². The highest BCUT2D eigenvalue weighted by molar-refractivity contribution is 7.91. The third-order valence-corrected chi connectivity index (χ3v) is 10.3. The van der Waals surface area contributed by atoms with Crippen molar-refractivity contribution in [3.05, 3.63) is 35.0 Å². The normalized spacial score (nSPS) is 21.5. The number of rotatable bonds is 4. The molecule has 126 valence electrons. The molecule has 23 heavy (non-hydrogen) atoms. The summed E-state index contributed by atoms with van der Waals surface area (Å²) in [6.45, 7) is 2.22. The van der Waals surface area contributed by atoms with Crippen LogP contribution in [0.3, 0.4) is 0 Å². The minimum absolute atomic E-state index is 0.158. The monoisotopic (exact) mass is 392 g/mol. The molecule has 0 N–H and O–H groups in total. The van der Waals surface area contributed by atoms with Gasteiger partial charge in [-0.1, -0.05) is 12.1 Å². The first-order valence-electron chi connectivity index (χ1n) is 6.92. The lowest BCUT2D eigenvalue weighted by molar-refractivity contribution is 0.213. The largest absolute Gasteiger partial charge is 0.252 e. The Kier molecular flexibility index (Phi) is 4.64. The van der Waals surface area contributed by atoms with Gasteiger partial charge in [0, 0.05) is 25.7 Å². The second kappa shape index (κ2) is 6.26. The molecule has 0 saturated carbocycles. The first kappa shape index (κ1) is 17.1. The Hall–Kier alpha value is -0.780. The van der Waals surface area contributed by atoms with Gasteiger partial charge in [-0.3, -0.25) is 0 Å². The summed E-state index contributed by atoms with van der Waals surface area (Å²) in [6.07, 6.45) is 0. The molecule has 0 aromatic carbocycles. The molecule has 2 aromatic rings. The predicted molar refractivity (Wildman–Crippen MR) is 90.8 cm³/mol. The molecule has 2 aromatic heterocycles. The summed E-state index contributed by atoms with van der Waals surface area (Å²) in [4.78, 5) is 0. The lowest BCUT2D eigenvalue weighted by atomic mass is 10.3.